The van der Waals surface area contributed by atoms with E-state index in [1.807, 2.05) is 14.0 Å². The van der Waals surface area contributed by atoms with Gasteiger partial charge in [-0.2, -0.15) is 5.10 Å². The number of nitrogens with zero attached hydrogens (tertiary/aromatic N) is 3. The number of ether oxygens (including phenoxy) is 2. The molecule has 0 bridgehead atoms. The minimum Gasteiger partial charge on any atom is -0.490 e. The quantitative estimate of drug-likeness (QED) is 0.525. The molecule has 0 aliphatic heterocycles. The molecule has 124 valence electrons. The van der Waals surface area contributed by atoms with Crippen LogP contribution in [-0.4, -0.2) is 33.9 Å². The summed E-state index contributed by atoms with van der Waals surface area (Å²) in [5.41, 5.74) is 1.95. The van der Waals surface area contributed by atoms with E-state index in [0.29, 0.717) is 16.3 Å². The van der Waals surface area contributed by atoms with Gasteiger partial charge in [0.15, 0.2) is 5.65 Å². The van der Waals surface area contributed by atoms with Gasteiger partial charge in [-0.05, 0) is 37.3 Å². The molecule has 6 nitrogen and oxygen atoms in total. The molecule has 1 aromatic carbocycles. The highest BCUT2D eigenvalue weighted by atomic mass is 35.5. The minimum absolute atomic E-state index is 0.144. The number of rotatable bonds is 5. The second-order valence-corrected chi connectivity index (χ2v) is 5.68. The van der Waals surface area contributed by atoms with E-state index in [4.69, 9.17) is 21.1 Å². The van der Waals surface area contributed by atoms with Crippen LogP contribution >= 0.6 is 11.6 Å². The lowest BCUT2D eigenvalue weighted by Gasteiger charge is -2.07. The predicted molar refractivity (Wildman–Crippen MR) is 90.5 cm³/mol. The van der Waals surface area contributed by atoms with Crippen LogP contribution in [-0.2, 0) is 11.8 Å². The Hall–Kier alpha value is -2.60. The average molecular weight is 346 g/mol. The van der Waals surface area contributed by atoms with Crippen LogP contribution in [0.1, 0.15) is 16.1 Å². The molecule has 0 saturated carbocycles. The van der Waals surface area contributed by atoms with Crippen molar-refractivity contribution in [1.82, 2.24) is 14.8 Å². The summed E-state index contributed by atoms with van der Waals surface area (Å²) in [6, 6.07) is 8.73. The molecule has 7 heteroatoms. The first-order valence-electron chi connectivity index (χ1n) is 7.39. The van der Waals surface area contributed by atoms with Crippen LogP contribution in [0, 0.1) is 6.92 Å². The van der Waals surface area contributed by atoms with Crippen LogP contribution in [0.3, 0.4) is 0 Å². The molecule has 0 fully saturated rings. The first-order valence-corrected chi connectivity index (χ1v) is 7.77. The fourth-order valence-electron chi connectivity index (χ4n) is 2.33. The number of carbonyl (C=O) groups excluding carboxylic acids is 1. The lowest BCUT2D eigenvalue weighted by molar-refractivity contribution is 0.0450. The van der Waals surface area contributed by atoms with Gasteiger partial charge in [0.1, 0.15) is 19.0 Å². The SMILES string of the molecule is Cc1nn(C)c2ncc(C(=O)OCCOc3ccc(Cl)cc3)cc12. The van der Waals surface area contributed by atoms with E-state index in [0.717, 1.165) is 16.7 Å². The van der Waals surface area contributed by atoms with Gasteiger partial charge in [0.2, 0.25) is 0 Å². The number of hydrogen-bond donors (Lipinski definition) is 0. The Morgan fingerprint density at radius 3 is 2.75 bits per heavy atom. The maximum atomic E-state index is 12.1. The number of carbonyl (C=O) groups is 1. The molecular weight excluding hydrogens is 330 g/mol. The Labute approximate surface area is 144 Å². The van der Waals surface area contributed by atoms with Crippen molar-refractivity contribution in [3.63, 3.8) is 0 Å². The number of benzene rings is 1. The molecule has 0 radical (unpaired) electrons. The smallest absolute Gasteiger partial charge is 0.339 e. The summed E-state index contributed by atoms with van der Waals surface area (Å²) in [7, 11) is 1.81. The van der Waals surface area contributed by atoms with Crippen molar-refractivity contribution in [3.05, 3.63) is 52.8 Å². The van der Waals surface area contributed by atoms with Crippen molar-refractivity contribution >= 4 is 28.6 Å². The van der Waals surface area contributed by atoms with Crippen LogP contribution in [0.25, 0.3) is 11.0 Å². The highest BCUT2D eigenvalue weighted by molar-refractivity contribution is 6.30. The summed E-state index contributed by atoms with van der Waals surface area (Å²) >= 11 is 5.80. The van der Waals surface area contributed by atoms with Gasteiger partial charge in [-0.15, -0.1) is 0 Å². The third kappa shape index (κ3) is 3.49. The molecule has 3 rings (SSSR count). The molecule has 0 aliphatic carbocycles. The summed E-state index contributed by atoms with van der Waals surface area (Å²) in [6.07, 6.45) is 1.49. The van der Waals surface area contributed by atoms with Gasteiger partial charge in [0, 0.05) is 23.7 Å². The summed E-state index contributed by atoms with van der Waals surface area (Å²) in [5, 5.41) is 5.76. The summed E-state index contributed by atoms with van der Waals surface area (Å²) < 4.78 is 12.4. The average Bonchev–Trinajstić information content (AvgIpc) is 2.87. The van der Waals surface area contributed by atoms with Gasteiger partial charge in [0.25, 0.3) is 0 Å². The normalized spacial score (nSPS) is 10.8. The molecule has 0 amide bonds. The first-order chi connectivity index (χ1) is 11.5. The number of aromatic nitrogens is 3. The Bertz CT molecular complexity index is 875. The molecule has 0 saturated heterocycles. The van der Waals surface area contributed by atoms with E-state index in [-0.39, 0.29) is 13.2 Å². The zero-order chi connectivity index (χ0) is 17.1. The van der Waals surface area contributed by atoms with Crippen molar-refractivity contribution in [1.29, 1.82) is 0 Å². The molecule has 0 spiro atoms. The van der Waals surface area contributed by atoms with Crippen LogP contribution < -0.4 is 4.74 Å². The molecule has 0 aliphatic rings. The molecule has 3 aromatic rings. The lowest BCUT2D eigenvalue weighted by Crippen LogP contribution is -2.12. The van der Waals surface area contributed by atoms with Gasteiger partial charge in [-0.25, -0.2) is 9.78 Å². The summed E-state index contributed by atoms with van der Waals surface area (Å²) in [6.45, 7) is 2.28. The molecule has 24 heavy (non-hydrogen) atoms. The molecular formula is C17H16ClN3O3. The summed E-state index contributed by atoms with van der Waals surface area (Å²) in [5.74, 6) is 0.233. The number of aryl methyl sites for hydroxylation is 2. The maximum Gasteiger partial charge on any atom is 0.339 e. The van der Waals surface area contributed by atoms with Crippen LogP contribution in [0.4, 0.5) is 0 Å². The molecule has 0 N–H and O–H groups in total. The standard InChI is InChI=1S/C17H16ClN3O3/c1-11-15-9-12(10-19-16(15)21(2)20-11)17(22)24-8-7-23-14-5-3-13(18)4-6-14/h3-6,9-10H,7-8H2,1-2H3. The number of hydrogen-bond acceptors (Lipinski definition) is 5. The Balaban J connectivity index is 1.57. The van der Waals surface area contributed by atoms with Crippen LogP contribution in [0.2, 0.25) is 5.02 Å². The summed E-state index contributed by atoms with van der Waals surface area (Å²) in [4.78, 5) is 16.4. The van der Waals surface area contributed by atoms with E-state index in [2.05, 4.69) is 10.1 Å². The topological polar surface area (TPSA) is 66.2 Å². The molecule has 2 heterocycles. The van der Waals surface area contributed by atoms with Crippen LogP contribution in [0.15, 0.2) is 36.5 Å². The second kappa shape index (κ2) is 6.88. The highest BCUT2D eigenvalue weighted by Gasteiger charge is 2.12. The van der Waals surface area contributed by atoms with Gasteiger partial charge in [-0.1, -0.05) is 11.6 Å². The first kappa shape index (κ1) is 16.3. The third-order valence-electron chi connectivity index (χ3n) is 3.50. The number of fused-ring (bicyclic) bond motifs is 1. The zero-order valence-corrected chi connectivity index (χ0v) is 14.1. The van der Waals surface area contributed by atoms with Crippen molar-refractivity contribution < 1.29 is 14.3 Å². The number of esters is 1. The van der Waals surface area contributed by atoms with E-state index in [1.54, 1.807) is 35.0 Å². The third-order valence-corrected chi connectivity index (χ3v) is 3.75. The monoisotopic (exact) mass is 345 g/mol. The van der Waals surface area contributed by atoms with Gasteiger partial charge in [0.05, 0.1) is 11.3 Å². The Morgan fingerprint density at radius 1 is 1.25 bits per heavy atom. The Morgan fingerprint density at radius 2 is 2.00 bits per heavy atom. The van der Waals surface area contributed by atoms with Gasteiger partial charge >= 0.3 is 5.97 Å². The van der Waals surface area contributed by atoms with E-state index in [1.165, 1.54) is 6.20 Å². The number of pyridine rings is 1. The molecule has 0 unspecified atom stereocenters. The number of halogens is 1. The van der Waals surface area contributed by atoms with Gasteiger partial charge < -0.3 is 9.47 Å². The minimum atomic E-state index is -0.438. The van der Waals surface area contributed by atoms with Crippen molar-refractivity contribution in [2.24, 2.45) is 7.05 Å². The van der Waals surface area contributed by atoms with Crippen molar-refractivity contribution in [2.75, 3.05) is 13.2 Å². The highest BCUT2D eigenvalue weighted by Crippen LogP contribution is 2.17. The van der Waals surface area contributed by atoms with Crippen molar-refractivity contribution in [2.45, 2.75) is 6.92 Å². The Kier molecular flexibility index (Phi) is 4.66. The van der Waals surface area contributed by atoms with E-state index >= 15 is 0 Å². The van der Waals surface area contributed by atoms with E-state index < -0.39 is 5.97 Å². The fraction of sp³-hybridized carbons (Fsp3) is 0.235. The predicted octanol–water partition coefficient (Wildman–Crippen LogP) is 3.17. The lowest BCUT2D eigenvalue weighted by atomic mass is 10.2. The largest absolute Gasteiger partial charge is 0.490 e. The van der Waals surface area contributed by atoms with E-state index in [9.17, 15) is 4.79 Å². The van der Waals surface area contributed by atoms with Crippen molar-refractivity contribution in [3.8, 4) is 5.75 Å². The van der Waals surface area contributed by atoms with Crippen LogP contribution in [0.5, 0.6) is 5.75 Å². The molecule has 0 atom stereocenters. The second-order valence-electron chi connectivity index (χ2n) is 5.24. The maximum absolute atomic E-state index is 12.1. The fourth-order valence-corrected chi connectivity index (χ4v) is 2.45. The molecule has 2 aromatic heterocycles. The zero-order valence-electron chi connectivity index (χ0n) is 13.3. The van der Waals surface area contributed by atoms with Gasteiger partial charge in [-0.3, -0.25) is 4.68 Å².